The molecule has 7 rings (SSSR count). The number of hydrogen-bond donors (Lipinski definition) is 0. The van der Waals surface area contributed by atoms with Crippen LogP contribution in [0.4, 0.5) is 14.0 Å². The van der Waals surface area contributed by atoms with Crippen molar-refractivity contribution in [3.63, 3.8) is 0 Å². The number of para-hydroxylation sites is 1. The van der Waals surface area contributed by atoms with Crippen molar-refractivity contribution < 1.29 is 9.59 Å². The van der Waals surface area contributed by atoms with Gasteiger partial charge in [0.05, 0.1) is 0 Å². The van der Waals surface area contributed by atoms with Crippen molar-refractivity contribution >= 4 is 85.0 Å². The Balaban J connectivity index is 1.46. The number of rotatable bonds is 1. The third-order valence-electron chi connectivity index (χ3n) is 8.12. The van der Waals surface area contributed by atoms with E-state index in [1.165, 1.54) is 26.6 Å². The molecular weight excluding hydrogens is 641 g/mol. The second kappa shape index (κ2) is 7.44. The van der Waals surface area contributed by atoms with Gasteiger partial charge in [-0.2, -0.15) is 0 Å². The fraction of sp³-hybridized carbons (Fsp3) is 0.200. The minimum absolute atomic E-state index is 0.0182. The molecule has 178 valence electrons. The van der Waals surface area contributed by atoms with Gasteiger partial charge in [-0.15, -0.1) is 0 Å². The number of benzene rings is 2. The number of anilines is 3. The van der Waals surface area contributed by atoms with Crippen molar-refractivity contribution in [1.82, 2.24) is 0 Å². The second-order valence-corrected chi connectivity index (χ2v) is 21.1. The van der Waals surface area contributed by atoms with E-state index < -0.39 is 28.5 Å². The van der Waals surface area contributed by atoms with Crippen molar-refractivity contribution in [3.05, 3.63) is 90.4 Å². The molecule has 36 heavy (non-hydrogen) atoms. The molecule has 0 N–H and O–H groups in total. The number of carbonyl (C=O) groups excluding carboxylic acids is 2. The summed E-state index contributed by atoms with van der Waals surface area (Å²) >= 11 is -0.392. The molecule has 3 nitrogen and oxygen atoms in total. The fourth-order valence-corrected chi connectivity index (χ4v) is 17.6. The standard InChI is InChI=1S/C30H25NO2SeSiTe/c1-16-13-24-29(36-16)31-25-21(11-8-12-23(25)35(24,4)5)30(2,3)22-15-17(34-28(22)31)14-20-26(32)18-9-6-7-10-19(18)27(20)33/h6-15H,1-5H3. The molecule has 0 saturated heterocycles. The Kier molecular flexibility index (Phi) is 4.74. The van der Waals surface area contributed by atoms with Crippen molar-refractivity contribution in [2.75, 3.05) is 4.90 Å². The van der Waals surface area contributed by atoms with Gasteiger partial charge in [-0.05, 0) is 0 Å². The molecule has 0 atom stereocenters. The van der Waals surface area contributed by atoms with Gasteiger partial charge in [0.25, 0.3) is 0 Å². The molecule has 2 aromatic heterocycles. The Hall–Kier alpha value is -2.19. The molecule has 0 amide bonds. The average Bonchev–Trinajstić information content (AvgIpc) is 3.51. The summed E-state index contributed by atoms with van der Waals surface area (Å²) in [5, 5.41) is 3.15. The monoisotopic (exact) mass is 669 g/mol. The van der Waals surface area contributed by atoms with Crippen LogP contribution in [0.3, 0.4) is 0 Å². The Bertz CT molecular complexity index is 1670. The molecule has 2 aliphatic heterocycles. The van der Waals surface area contributed by atoms with E-state index in [1.807, 2.05) is 18.2 Å². The summed E-state index contributed by atoms with van der Waals surface area (Å²) in [4.78, 5) is 28.9. The van der Waals surface area contributed by atoms with Crippen molar-refractivity contribution in [2.24, 2.45) is 0 Å². The quantitative estimate of drug-likeness (QED) is 0.166. The molecule has 0 fully saturated rings. The number of carbonyl (C=O) groups is 2. The third-order valence-corrected chi connectivity index (χ3v) is 17.4. The van der Waals surface area contributed by atoms with Crippen molar-refractivity contribution in [1.29, 1.82) is 0 Å². The van der Waals surface area contributed by atoms with E-state index in [-0.39, 0.29) is 31.5 Å². The molecule has 6 heteroatoms. The van der Waals surface area contributed by atoms with E-state index in [0.29, 0.717) is 16.7 Å². The van der Waals surface area contributed by atoms with E-state index >= 15 is 0 Å². The van der Waals surface area contributed by atoms with Crippen LogP contribution in [0.25, 0.3) is 6.08 Å². The first-order valence-corrected chi connectivity index (χ1v) is 19.2. The van der Waals surface area contributed by atoms with Crippen LogP contribution < -0.4 is 15.3 Å². The number of nitrogens with zero attached hydrogens (tertiary/aromatic N) is 1. The Morgan fingerprint density at radius 3 is 2.31 bits per heavy atom. The molecule has 0 radical (unpaired) electrons. The van der Waals surface area contributed by atoms with Gasteiger partial charge in [-0.1, -0.05) is 0 Å². The van der Waals surface area contributed by atoms with Crippen LogP contribution >= 0.6 is 0 Å². The average molecular weight is 666 g/mol. The summed E-state index contributed by atoms with van der Waals surface area (Å²) in [6.07, 6.45) is 1.90. The summed E-state index contributed by atoms with van der Waals surface area (Å²) in [6, 6.07) is 18.9. The fourth-order valence-electron chi connectivity index (χ4n) is 6.13. The van der Waals surface area contributed by atoms with Crippen molar-refractivity contribution in [2.45, 2.75) is 39.3 Å². The number of hydrogen-bond acceptors (Lipinski definition) is 3. The normalized spacial score (nSPS) is 18.0. The van der Waals surface area contributed by atoms with Crippen LogP contribution in [0, 0.1) is 6.92 Å². The molecule has 4 heterocycles. The van der Waals surface area contributed by atoms with Gasteiger partial charge in [0.1, 0.15) is 0 Å². The molecule has 4 aromatic rings. The number of fused-ring (bicyclic) bond motifs is 5. The molecule has 0 spiro atoms. The first-order chi connectivity index (χ1) is 17.1. The van der Waals surface area contributed by atoms with Crippen molar-refractivity contribution in [3.8, 4) is 0 Å². The van der Waals surface area contributed by atoms with E-state index in [1.54, 1.807) is 24.6 Å². The maximum atomic E-state index is 13.1. The zero-order valence-corrected chi connectivity index (χ0v) is 25.9. The molecule has 0 saturated carbocycles. The van der Waals surface area contributed by atoms with Crippen LogP contribution in [0.5, 0.6) is 0 Å². The van der Waals surface area contributed by atoms with Gasteiger partial charge in [0.2, 0.25) is 0 Å². The first kappa shape index (κ1) is 23.0. The topological polar surface area (TPSA) is 37.4 Å². The van der Waals surface area contributed by atoms with E-state index in [9.17, 15) is 9.59 Å². The maximum absolute atomic E-state index is 13.1. The van der Waals surface area contributed by atoms with Gasteiger partial charge in [-0.25, -0.2) is 0 Å². The second-order valence-electron chi connectivity index (χ2n) is 11.0. The van der Waals surface area contributed by atoms with Gasteiger partial charge < -0.3 is 0 Å². The van der Waals surface area contributed by atoms with Gasteiger partial charge in [-0.3, -0.25) is 0 Å². The molecule has 3 aliphatic rings. The predicted octanol–water partition coefficient (Wildman–Crippen LogP) is 4.82. The van der Waals surface area contributed by atoms with Crippen LogP contribution in [-0.4, -0.2) is 54.6 Å². The summed E-state index contributed by atoms with van der Waals surface area (Å²) in [5.74, 6) is -0.277. The molecular formula is C30H25NO2SeSiTe. The Morgan fingerprint density at radius 2 is 1.61 bits per heavy atom. The number of ketones is 2. The summed E-state index contributed by atoms with van der Waals surface area (Å²) < 4.78 is 5.67. The molecule has 1 aliphatic carbocycles. The van der Waals surface area contributed by atoms with Gasteiger partial charge in [0.15, 0.2) is 0 Å². The summed E-state index contributed by atoms with van der Waals surface area (Å²) in [7, 11) is -1.79. The van der Waals surface area contributed by atoms with Crippen LogP contribution in [-0.2, 0) is 5.41 Å². The number of Topliss-reactive ketones (excluding diaryl/α,β-unsaturated/α-hetero) is 2. The minimum atomic E-state index is -1.79. The summed E-state index contributed by atoms with van der Waals surface area (Å²) in [6.45, 7) is 12.0. The Morgan fingerprint density at radius 1 is 0.917 bits per heavy atom. The van der Waals surface area contributed by atoms with E-state index in [2.05, 4.69) is 69.1 Å². The van der Waals surface area contributed by atoms with Gasteiger partial charge >= 0.3 is 229 Å². The van der Waals surface area contributed by atoms with Gasteiger partial charge in [0, 0.05) is 0 Å². The number of aryl methyl sites for hydroxylation is 1. The summed E-state index contributed by atoms with van der Waals surface area (Å²) in [5.41, 5.74) is 5.45. The predicted molar refractivity (Wildman–Crippen MR) is 152 cm³/mol. The Labute approximate surface area is 227 Å². The van der Waals surface area contributed by atoms with Crippen LogP contribution in [0.2, 0.25) is 13.1 Å². The molecule has 2 aromatic carbocycles. The van der Waals surface area contributed by atoms with E-state index in [0.717, 1.165) is 4.44 Å². The van der Waals surface area contributed by atoms with Crippen LogP contribution in [0.1, 0.15) is 53.7 Å². The SMILES string of the molecule is Cc1cc2c([te]1)N1c3[se]c(C=C4C(=O)c5ccccc5C4=O)cc3C(C)(C)c3cccc(c31)[Si]2(C)C. The van der Waals surface area contributed by atoms with Crippen LogP contribution in [0.15, 0.2) is 60.2 Å². The molecule has 0 bridgehead atoms. The molecule has 0 unspecified atom stereocenters. The zero-order valence-electron chi connectivity index (χ0n) is 20.9. The number of allylic oxidation sites excluding steroid dienone is 1. The first-order valence-electron chi connectivity index (χ1n) is 12.2. The zero-order chi connectivity index (χ0) is 25.1. The van der Waals surface area contributed by atoms with E-state index in [4.69, 9.17) is 0 Å². The third kappa shape index (κ3) is 2.86.